The number of furan rings is 1. The van der Waals surface area contributed by atoms with Crippen LogP contribution in [-0.4, -0.2) is 16.0 Å². The molecule has 0 unspecified atom stereocenters. The van der Waals surface area contributed by atoms with Gasteiger partial charge in [-0.1, -0.05) is 65.8 Å². The molecule has 2 aromatic heterocycles. The highest BCUT2D eigenvalue weighted by atomic mass is 16.5. The largest absolute Gasteiger partial charge is 0.459 e. The van der Waals surface area contributed by atoms with Crippen LogP contribution < -0.4 is 5.32 Å². The molecule has 1 amide bonds. The minimum Gasteiger partial charge on any atom is -0.459 e. The first kappa shape index (κ1) is 16.8. The molecule has 0 aliphatic rings. The molecule has 0 spiro atoms. The molecule has 6 nitrogen and oxygen atoms in total. The molecule has 1 N–H and O–H groups in total. The van der Waals surface area contributed by atoms with E-state index in [0.29, 0.717) is 18.1 Å². The Hall–Kier alpha value is -3.67. The van der Waals surface area contributed by atoms with Crippen molar-refractivity contribution in [3.05, 3.63) is 96.3 Å². The number of rotatable bonds is 6. The first-order valence-corrected chi connectivity index (χ1v) is 8.57. The molecule has 0 aliphatic heterocycles. The molecule has 27 heavy (non-hydrogen) atoms. The van der Waals surface area contributed by atoms with Crippen molar-refractivity contribution in [2.24, 2.45) is 0 Å². The standard InChI is InChI=1S/C21H17N3O3/c25-20(18-12-7-13-26-18)22-17(14-15-8-3-1-4-9-15)21-23-19(24-27-21)16-10-5-2-6-11-16/h1-13,17H,14H2,(H,22,25)/t17-/m1/s1. The summed E-state index contributed by atoms with van der Waals surface area (Å²) in [6.07, 6.45) is 1.98. The van der Waals surface area contributed by atoms with Crippen LogP contribution in [0.25, 0.3) is 11.4 Å². The Labute approximate surface area is 155 Å². The Balaban J connectivity index is 1.61. The fraction of sp³-hybridized carbons (Fsp3) is 0.0952. The second kappa shape index (κ2) is 7.70. The maximum absolute atomic E-state index is 12.5. The number of nitrogens with one attached hydrogen (secondary N) is 1. The van der Waals surface area contributed by atoms with Crippen LogP contribution in [0, 0.1) is 0 Å². The van der Waals surface area contributed by atoms with Crippen LogP contribution in [0.2, 0.25) is 0 Å². The molecule has 4 rings (SSSR count). The highest BCUT2D eigenvalue weighted by molar-refractivity contribution is 5.91. The van der Waals surface area contributed by atoms with Crippen LogP contribution in [0.4, 0.5) is 0 Å². The summed E-state index contributed by atoms with van der Waals surface area (Å²) in [6, 6.07) is 22.2. The van der Waals surface area contributed by atoms with Gasteiger partial charge >= 0.3 is 0 Å². The zero-order valence-corrected chi connectivity index (χ0v) is 14.4. The number of carbonyl (C=O) groups excluding carboxylic acids is 1. The van der Waals surface area contributed by atoms with E-state index in [4.69, 9.17) is 8.94 Å². The molecule has 0 saturated carbocycles. The summed E-state index contributed by atoms with van der Waals surface area (Å²) in [5.41, 5.74) is 1.89. The summed E-state index contributed by atoms with van der Waals surface area (Å²) in [5.74, 6) is 0.727. The van der Waals surface area contributed by atoms with E-state index in [9.17, 15) is 4.79 Å². The smallest absolute Gasteiger partial charge is 0.287 e. The molecule has 2 heterocycles. The van der Waals surface area contributed by atoms with E-state index >= 15 is 0 Å². The Bertz CT molecular complexity index is 996. The van der Waals surface area contributed by atoms with Gasteiger partial charge < -0.3 is 14.3 Å². The molecule has 0 aliphatic carbocycles. The average Bonchev–Trinajstić information content (AvgIpc) is 3.41. The monoisotopic (exact) mass is 359 g/mol. The topological polar surface area (TPSA) is 81.2 Å². The SMILES string of the molecule is O=C(N[C@H](Cc1ccccc1)c1nc(-c2ccccc2)no1)c1ccco1. The average molecular weight is 359 g/mol. The van der Waals surface area contributed by atoms with E-state index in [1.54, 1.807) is 12.1 Å². The lowest BCUT2D eigenvalue weighted by Gasteiger charge is -2.14. The van der Waals surface area contributed by atoms with Crippen LogP contribution in [0.15, 0.2) is 88.0 Å². The van der Waals surface area contributed by atoms with Crippen molar-refractivity contribution in [1.29, 1.82) is 0 Å². The fourth-order valence-electron chi connectivity index (χ4n) is 2.77. The molecule has 0 radical (unpaired) electrons. The van der Waals surface area contributed by atoms with E-state index in [1.807, 2.05) is 60.7 Å². The van der Waals surface area contributed by atoms with Gasteiger partial charge in [0.15, 0.2) is 5.76 Å². The van der Waals surface area contributed by atoms with Crippen molar-refractivity contribution >= 4 is 5.91 Å². The first-order chi connectivity index (χ1) is 13.3. The number of amides is 1. The molecule has 4 aromatic rings. The summed E-state index contributed by atoms with van der Waals surface area (Å²) in [7, 11) is 0. The lowest BCUT2D eigenvalue weighted by atomic mass is 10.1. The molecular formula is C21H17N3O3. The third-order valence-electron chi connectivity index (χ3n) is 4.10. The molecule has 0 fully saturated rings. The zero-order valence-electron chi connectivity index (χ0n) is 14.4. The molecule has 134 valence electrons. The van der Waals surface area contributed by atoms with Crippen molar-refractivity contribution in [3.63, 3.8) is 0 Å². The van der Waals surface area contributed by atoms with Crippen molar-refractivity contribution in [1.82, 2.24) is 15.5 Å². The number of hydrogen-bond donors (Lipinski definition) is 1. The summed E-state index contributed by atoms with van der Waals surface area (Å²) >= 11 is 0. The third kappa shape index (κ3) is 3.95. The lowest BCUT2D eigenvalue weighted by Crippen LogP contribution is -2.30. The van der Waals surface area contributed by atoms with E-state index in [0.717, 1.165) is 11.1 Å². The predicted molar refractivity (Wildman–Crippen MR) is 98.8 cm³/mol. The van der Waals surface area contributed by atoms with Gasteiger partial charge in [0.25, 0.3) is 5.91 Å². The van der Waals surface area contributed by atoms with E-state index < -0.39 is 6.04 Å². The van der Waals surface area contributed by atoms with Gasteiger partial charge in [0.1, 0.15) is 6.04 Å². The van der Waals surface area contributed by atoms with Gasteiger partial charge in [-0.15, -0.1) is 0 Å². The normalized spacial score (nSPS) is 11.9. The second-order valence-electron chi connectivity index (χ2n) is 6.02. The van der Waals surface area contributed by atoms with Gasteiger partial charge in [0.05, 0.1) is 6.26 Å². The zero-order chi connectivity index (χ0) is 18.5. The van der Waals surface area contributed by atoms with E-state index in [2.05, 4.69) is 15.5 Å². The molecular weight excluding hydrogens is 342 g/mol. The maximum atomic E-state index is 12.5. The quantitative estimate of drug-likeness (QED) is 0.562. The number of benzene rings is 2. The summed E-state index contributed by atoms with van der Waals surface area (Å²) in [5, 5.41) is 6.98. The van der Waals surface area contributed by atoms with Gasteiger partial charge in [0.2, 0.25) is 11.7 Å². The van der Waals surface area contributed by atoms with Gasteiger partial charge in [-0.3, -0.25) is 4.79 Å². The molecule has 2 aromatic carbocycles. The lowest BCUT2D eigenvalue weighted by molar-refractivity contribution is 0.0900. The maximum Gasteiger partial charge on any atom is 0.287 e. The van der Waals surface area contributed by atoms with Crippen molar-refractivity contribution < 1.29 is 13.7 Å². The highest BCUT2D eigenvalue weighted by Gasteiger charge is 2.23. The summed E-state index contributed by atoms with van der Waals surface area (Å²) in [6.45, 7) is 0. The first-order valence-electron chi connectivity index (χ1n) is 8.57. The number of carbonyl (C=O) groups is 1. The van der Waals surface area contributed by atoms with Crippen molar-refractivity contribution in [3.8, 4) is 11.4 Å². The Morgan fingerprint density at radius 2 is 1.70 bits per heavy atom. The Morgan fingerprint density at radius 3 is 2.41 bits per heavy atom. The number of aromatic nitrogens is 2. The summed E-state index contributed by atoms with van der Waals surface area (Å²) < 4.78 is 10.6. The van der Waals surface area contributed by atoms with Gasteiger partial charge in [-0.2, -0.15) is 4.98 Å². The summed E-state index contributed by atoms with van der Waals surface area (Å²) in [4.78, 5) is 17.0. The Morgan fingerprint density at radius 1 is 0.963 bits per heavy atom. The van der Waals surface area contributed by atoms with Crippen LogP contribution in [-0.2, 0) is 6.42 Å². The number of hydrogen-bond acceptors (Lipinski definition) is 5. The Kier molecular flexibility index (Phi) is 4.78. The second-order valence-corrected chi connectivity index (χ2v) is 6.02. The van der Waals surface area contributed by atoms with Crippen molar-refractivity contribution in [2.75, 3.05) is 0 Å². The minimum atomic E-state index is -0.477. The van der Waals surface area contributed by atoms with Crippen LogP contribution in [0.5, 0.6) is 0 Å². The van der Waals surface area contributed by atoms with Crippen LogP contribution in [0.3, 0.4) is 0 Å². The molecule has 0 saturated heterocycles. The predicted octanol–water partition coefficient (Wildman–Crippen LogP) is 4.04. The minimum absolute atomic E-state index is 0.232. The molecule has 0 bridgehead atoms. The molecule has 6 heteroatoms. The van der Waals surface area contributed by atoms with Crippen molar-refractivity contribution in [2.45, 2.75) is 12.5 Å². The van der Waals surface area contributed by atoms with Gasteiger partial charge in [0, 0.05) is 12.0 Å². The van der Waals surface area contributed by atoms with Gasteiger partial charge in [-0.05, 0) is 17.7 Å². The van der Waals surface area contributed by atoms with E-state index in [1.165, 1.54) is 6.26 Å². The highest BCUT2D eigenvalue weighted by Crippen LogP contribution is 2.22. The fourth-order valence-corrected chi connectivity index (χ4v) is 2.77. The third-order valence-corrected chi connectivity index (χ3v) is 4.10. The molecule has 1 atom stereocenters. The van der Waals surface area contributed by atoms with Crippen LogP contribution in [0.1, 0.15) is 28.1 Å². The van der Waals surface area contributed by atoms with Gasteiger partial charge in [-0.25, -0.2) is 0 Å². The van der Waals surface area contributed by atoms with Crippen LogP contribution >= 0.6 is 0 Å². The number of nitrogens with zero attached hydrogens (tertiary/aromatic N) is 2. The van der Waals surface area contributed by atoms with E-state index in [-0.39, 0.29) is 11.7 Å².